The molecule has 0 radical (unpaired) electrons. The van der Waals surface area contributed by atoms with Gasteiger partial charge in [0.25, 0.3) is 0 Å². The molecule has 18 heavy (non-hydrogen) atoms. The number of nitrogens with zero attached hydrogens (tertiary/aromatic N) is 2. The van der Waals surface area contributed by atoms with E-state index in [1.165, 1.54) is 12.1 Å². The van der Waals surface area contributed by atoms with Crippen LogP contribution < -0.4 is 5.11 Å². The molecule has 0 saturated carbocycles. The molecule has 0 amide bonds. The van der Waals surface area contributed by atoms with Crippen molar-refractivity contribution in [1.29, 1.82) is 0 Å². The maximum absolute atomic E-state index is 12.8. The first-order valence-corrected chi connectivity index (χ1v) is 4.82. The van der Waals surface area contributed by atoms with E-state index in [-0.39, 0.29) is 5.69 Å². The van der Waals surface area contributed by atoms with Gasteiger partial charge in [0.2, 0.25) is 0 Å². The lowest BCUT2D eigenvalue weighted by Crippen LogP contribution is -2.26. The van der Waals surface area contributed by atoms with Crippen molar-refractivity contribution in [2.75, 3.05) is 0 Å². The quantitative estimate of drug-likeness (QED) is 0.811. The summed E-state index contributed by atoms with van der Waals surface area (Å²) in [5.74, 6) is -2.22. The third kappa shape index (κ3) is 2.06. The van der Waals surface area contributed by atoms with Crippen LogP contribution in [0.1, 0.15) is 16.2 Å². The fourth-order valence-corrected chi connectivity index (χ4v) is 1.57. The van der Waals surface area contributed by atoms with Crippen LogP contribution in [0.2, 0.25) is 0 Å². The molecule has 2 rings (SSSR count). The van der Waals surface area contributed by atoms with Crippen molar-refractivity contribution in [3.05, 3.63) is 48.0 Å². The number of para-hydroxylation sites is 1. The molecule has 0 aliphatic heterocycles. The van der Waals surface area contributed by atoms with Gasteiger partial charge in [0.1, 0.15) is 5.97 Å². The summed E-state index contributed by atoms with van der Waals surface area (Å²) >= 11 is 0. The van der Waals surface area contributed by atoms with Gasteiger partial charge in [-0.25, -0.2) is 4.98 Å². The molecule has 0 N–H and O–H groups in total. The Labute approximate surface area is 99.3 Å². The Morgan fingerprint density at radius 3 is 2.56 bits per heavy atom. The highest BCUT2D eigenvalue weighted by Crippen LogP contribution is 2.33. The van der Waals surface area contributed by atoms with E-state index in [1.807, 2.05) is 0 Å². The number of carboxylic acid groups (broad SMARTS) is 1. The largest absolute Gasteiger partial charge is 0.542 e. The Morgan fingerprint density at radius 1 is 1.28 bits per heavy atom. The molecule has 0 aliphatic carbocycles. The molecular formula is C11H6F3N2O2-. The molecule has 0 spiro atoms. The average molecular weight is 255 g/mol. The Hall–Kier alpha value is -2.31. The van der Waals surface area contributed by atoms with Crippen molar-refractivity contribution >= 4 is 5.97 Å². The zero-order valence-electron chi connectivity index (χ0n) is 8.81. The monoisotopic (exact) mass is 255 g/mol. The van der Waals surface area contributed by atoms with Crippen LogP contribution in [0.3, 0.4) is 0 Å². The summed E-state index contributed by atoms with van der Waals surface area (Å²) in [6.07, 6.45) is -2.35. The van der Waals surface area contributed by atoms with Crippen molar-refractivity contribution in [2.24, 2.45) is 0 Å². The van der Waals surface area contributed by atoms with Crippen LogP contribution >= 0.6 is 0 Å². The zero-order valence-corrected chi connectivity index (χ0v) is 8.81. The number of benzene rings is 1. The average Bonchev–Trinajstić information content (AvgIpc) is 2.76. The van der Waals surface area contributed by atoms with Gasteiger partial charge in [-0.1, -0.05) is 12.1 Å². The Balaban J connectivity index is 2.65. The van der Waals surface area contributed by atoms with Crippen molar-refractivity contribution in [2.45, 2.75) is 6.18 Å². The van der Waals surface area contributed by atoms with E-state index < -0.39 is 23.5 Å². The number of rotatable bonds is 2. The van der Waals surface area contributed by atoms with Gasteiger partial charge in [0.05, 0.1) is 11.3 Å². The summed E-state index contributed by atoms with van der Waals surface area (Å²) in [5, 5.41) is 10.7. The number of aromatic nitrogens is 2. The van der Waals surface area contributed by atoms with Crippen LogP contribution in [0.15, 0.2) is 36.7 Å². The molecule has 0 unspecified atom stereocenters. The fraction of sp³-hybridized carbons (Fsp3) is 0.0909. The minimum absolute atomic E-state index is 0.304. The zero-order chi connectivity index (χ0) is 13.3. The molecule has 2 aromatic rings. The van der Waals surface area contributed by atoms with Crippen molar-refractivity contribution in [1.82, 2.24) is 9.55 Å². The molecule has 1 heterocycles. The number of aromatic carboxylic acids is 1. The Bertz CT molecular complexity index is 590. The predicted molar refractivity (Wildman–Crippen MR) is 52.9 cm³/mol. The first-order chi connectivity index (χ1) is 8.41. The van der Waals surface area contributed by atoms with Gasteiger partial charge in [-0.15, -0.1) is 0 Å². The first kappa shape index (κ1) is 12.2. The molecule has 7 heteroatoms. The molecule has 4 nitrogen and oxygen atoms in total. The number of carbonyl (C=O) groups excluding carboxylic acids is 1. The minimum Gasteiger partial charge on any atom is -0.542 e. The lowest BCUT2D eigenvalue weighted by atomic mass is 10.1. The van der Waals surface area contributed by atoms with E-state index in [9.17, 15) is 23.1 Å². The molecule has 0 aliphatic rings. The summed E-state index contributed by atoms with van der Waals surface area (Å²) in [6.45, 7) is 0. The second-order valence-corrected chi connectivity index (χ2v) is 3.42. The highest BCUT2D eigenvalue weighted by molar-refractivity contribution is 5.82. The topological polar surface area (TPSA) is 57.9 Å². The minimum atomic E-state index is -4.58. The van der Waals surface area contributed by atoms with E-state index in [0.29, 0.717) is 0 Å². The number of carbonyl (C=O) groups is 1. The van der Waals surface area contributed by atoms with Gasteiger partial charge in [0.15, 0.2) is 5.82 Å². The highest BCUT2D eigenvalue weighted by Gasteiger charge is 2.34. The second-order valence-electron chi connectivity index (χ2n) is 3.42. The molecule has 0 atom stereocenters. The van der Waals surface area contributed by atoms with Gasteiger partial charge < -0.3 is 9.90 Å². The van der Waals surface area contributed by atoms with Crippen LogP contribution in [0.4, 0.5) is 13.2 Å². The molecule has 0 saturated heterocycles. The number of imidazole rings is 1. The number of hydrogen-bond donors (Lipinski definition) is 0. The molecular weight excluding hydrogens is 249 g/mol. The van der Waals surface area contributed by atoms with E-state index in [4.69, 9.17) is 0 Å². The molecule has 1 aromatic heterocycles. The van der Waals surface area contributed by atoms with E-state index in [1.54, 1.807) is 0 Å². The lowest BCUT2D eigenvalue weighted by molar-refractivity contribution is -0.256. The number of hydrogen-bond acceptors (Lipinski definition) is 3. The van der Waals surface area contributed by atoms with Gasteiger partial charge in [0, 0.05) is 12.4 Å². The molecule has 0 bridgehead atoms. The van der Waals surface area contributed by atoms with Gasteiger partial charge >= 0.3 is 6.18 Å². The van der Waals surface area contributed by atoms with Gasteiger partial charge in [-0.3, -0.25) is 4.57 Å². The number of halogens is 3. The van der Waals surface area contributed by atoms with E-state index in [2.05, 4.69) is 4.98 Å². The summed E-state index contributed by atoms with van der Waals surface area (Å²) in [6, 6.07) is 4.64. The smallest absolute Gasteiger partial charge is 0.418 e. The van der Waals surface area contributed by atoms with Crippen molar-refractivity contribution < 1.29 is 23.1 Å². The van der Waals surface area contributed by atoms with Crippen LogP contribution in [0, 0.1) is 0 Å². The summed E-state index contributed by atoms with van der Waals surface area (Å²) < 4.78 is 39.2. The second kappa shape index (κ2) is 4.17. The van der Waals surface area contributed by atoms with Crippen LogP contribution in [-0.2, 0) is 6.18 Å². The third-order valence-corrected chi connectivity index (χ3v) is 2.29. The summed E-state index contributed by atoms with van der Waals surface area (Å²) in [4.78, 5) is 14.2. The standard InChI is InChI=1S/C11H7F3N2O2/c12-11(13,14)7-3-1-2-4-8(7)16-6-5-15-9(16)10(17)18/h1-6H,(H,17,18)/p-1. The van der Waals surface area contributed by atoms with Gasteiger partial charge in [-0.05, 0) is 12.1 Å². The molecule has 0 fully saturated rings. The summed E-state index contributed by atoms with van der Waals surface area (Å²) in [5.41, 5.74) is -1.24. The van der Waals surface area contributed by atoms with Gasteiger partial charge in [-0.2, -0.15) is 13.2 Å². The van der Waals surface area contributed by atoms with Crippen molar-refractivity contribution in [3.8, 4) is 5.69 Å². The molecule has 94 valence electrons. The molecule has 1 aromatic carbocycles. The SMILES string of the molecule is O=C([O-])c1nccn1-c1ccccc1C(F)(F)F. The lowest BCUT2D eigenvalue weighted by Gasteiger charge is -2.15. The van der Waals surface area contributed by atoms with Crippen LogP contribution in [-0.4, -0.2) is 15.5 Å². The predicted octanol–water partition coefficient (Wildman–Crippen LogP) is 1.25. The summed E-state index contributed by atoms with van der Waals surface area (Å²) in [7, 11) is 0. The van der Waals surface area contributed by atoms with Crippen molar-refractivity contribution in [3.63, 3.8) is 0 Å². The normalized spacial score (nSPS) is 11.5. The van der Waals surface area contributed by atoms with E-state index in [0.717, 1.165) is 29.1 Å². The third-order valence-electron chi connectivity index (χ3n) is 2.29. The number of carboxylic acids is 1. The van der Waals surface area contributed by atoms with Crippen LogP contribution in [0.5, 0.6) is 0 Å². The maximum atomic E-state index is 12.8. The Morgan fingerprint density at radius 2 is 1.94 bits per heavy atom. The van der Waals surface area contributed by atoms with Crippen LogP contribution in [0.25, 0.3) is 5.69 Å². The number of alkyl halides is 3. The first-order valence-electron chi connectivity index (χ1n) is 4.82. The highest BCUT2D eigenvalue weighted by atomic mass is 19.4. The fourth-order valence-electron chi connectivity index (χ4n) is 1.57. The Kier molecular flexibility index (Phi) is 2.82. The van der Waals surface area contributed by atoms with E-state index >= 15 is 0 Å². The maximum Gasteiger partial charge on any atom is 0.418 e.